The third kappa shape index (κ3) is 3.36. The molecule has 158 valence electrons. The van der Waals surface area contributed by atoms with E-state index in [1.54, 1.807) is 6.07 Å². The van der Waals surface area contributed by atoms with Crippen LogP contribution >= 0.6 is 0 Å². The zero-order chi connectivity index (χ0) is 20.8. The Kier molecular flexibility index (Phi) is 4.76. The number of halogens is 3. The van der Waals surface area contributed by atoms with Crippen LogP contribution in [-0.2, 0) is 16.0 Å². The summed E-state index contributed by atoms with van der Waals surface area (Å²) in [5.41, 5.74) is 0.602. The molecule has 10 heteroatoms. The number of nitrogens with zero attached hydrogens (tertiary/aromatic N) is 1. The standard InChI is InChI=1S/C20H18F3N3O4/c21-10-2-1-3-11(22)9(10)6-24-20-12(23)4-13-14(26-20)5-17(25-13)30-16-8-29-18-15(27)7-28-19(16)18/h1-5,15-16,18-19,25,27H,6-8H2,(H,24,26)/t15-,16-,18-,19-/m1/s1. The van der Waals surface area contributed by atoms with Crippen LogP contribution < -0.4 is 10.1 Å². The van der Waals surface area contributed by atoms with Gasteiger partial charge in [0.05, 0.1) is 24.2 Å². The number of pyridine rings is 1. The third-order valence-corrected chi connectivity index (χ3v) is 5.29. The van der Waals surface area contributed by atoms with E-state index in [1.165, 1.54) is 12.1 Å². The number of rotatable bonds is 5. The molecule has 2 aromatic heterocycles. The first-order chi connectivity index (χ1) is 14.5. The van der Waals surface area contributed by atoms with Crippen molar-refractivity contribution in [2.45, 2.75) is 31.0 Å². The number of ether oxygens (including phenoxy) is 3. The molecule has 30 heavy (non-hydrogen) atoms. The fourth-order valence-electron chi connectivity index (χ4n) is 3.78. The highest BCUT2D eigenvalue weighted by Gasteiger charge is 2.48. The molecule has 7 nitrogen and oxygen atoms in total. The summed E-state index contributed by atoms with van der Waals surface area (Å²) >= 11 is 0. The Morgan fingerprint density at radius 2 is 1.87 bits per heavy atom. The van der Waals surface area contributed by atoms with Crippen LogP contribution in [0, 0.1) is 17.5 Å². The summed E-state index contributed by atoms with van der Waals surface area (Å²) < 4.78 is 58.9. The molecule has 1 aromatic carbocycles. The van der Waals surface area contributed by atoms with Gasteiger partial charge in [0.2, 0.25) is 0 Å². The Hall–Kier alpha value is -2.82. The molecule has 2 saturated heterocycles. The van der Waals surface area contributed by atoms with Crippen molar-refractivity contribution in [1.29, 1.82) is 0 Å². The van der Waals surface area contributed by atoms with E-state index >= 15 is 0 Å². The fourth-order valence-corrected chi connectivity index (χ4v) is 3.78. The molecule has 0 unspecified atom stereocenters. The molecule has 2 aliphatic heterocycles. The van der Waals surface area contributed by atoms with E-state index in [0.717, 1.165) is 12.1 Å². The van der Waals surface area contributed by atoms with Gasteiger partial charge < -0.3 is 29.6 Å². The molecule has 3 N–H and O–H groups in total. The third-order valence-electron chi connectivity index (χ3n) is 5.29. The highest BCUT2D eigenvalue weighted by Crippen LogP contribution is 2.31. The number of fused-ring (bicyclic) bond motifs is 2. The van der Waals surface area contributed by atoms with Crippen molar-refractivity contribution in [2.75, 3.05) is 18.5 Å². The second-order valence-electron chi connectivity index (χ2n) is 7.26. The van der Waals surface area contributed by atoms with Crippen LogP contribution in [0.3, 0.4) is 0 Å². The Morgan fingerprint density at radius 3 is 2.67 bits per heavy atom. The van der Waals surface area contributed by atoms with Crippen LogP contribution in [-0.4, -0.2) is 52.7 Å². The summed E-state index contributed by atoms with van der Waals surface area (Å²) in [6.07, 6.45) is -1.92. The summed E-state index contributed by atoms with van der Waals surface area (Å²) in [6.45, 7) is 0.181. The monoisotopic (exact) mass is 421 g/mol. The lowest BCUT2D eigenvalue weighted by Crippen LogP contribution is -2.34. The molecule has 0 radical (unpaired) electrons. The molecule has 0 aliphatic carbocycles. The van der Waals surface area contributed by atoms with Gasteiger partial charge in [-0.1, -0.05) is 6.07 Å². The Balaban J connectivity index is 1.33. The van der Waals surface area contributed by atoms with Gasteiger partial charge in [-0.25, -0.2) is 18.2 Å². The molecule has 4 heterocycles. The second-order valence-corrected chi connectivity index (χ2v) is 7.26. The van der Waals surface area contributed by atoms with Gasteiger partial charge in [-0.05, 0) is 12.1 Å². The number of aromatic amines is 1. The number of hydrogen-bond acceptors (Lipinski definition) is 6. The minimum absolute atomic E-state index is 0.137. The first-order valence-corrected chi connectivity index (χ1v) is 9.43. The lowest BCUT2D eigenvalue weighted by Gasteiger charge is -2.16. The molecule has 4 atom stereocenters. The van der Waals surface area contributed by atoms with E-state index in [1.807, 2.05) is 0 Å². The number of aromatic nitrogens is 2. The highest BCUT2D eigenvalue weighted by molar-refractivity contribution is 5.79. The molecular weight excluding hydrogens is 403 g/mol. The number of hydrogen-bond donors (Lipinski definition) is 3. The lowest BCUT2D eigenvalue weighted by molar-refractivity contribution is 0.00794. The Labute approximate surface area is 168 Å². The highest BCUT2D eigenvalue weighted by atomic mass is 19.1. The molecule has 0 amide bonds. The van der Waals surface area contributed by atoms with Crippen molar-refractivity contribution in [2.24, 2.45) is 0 Å². The van der Waals surface area contributed by atoms with Crippen LogP contribution in [0.15, 0.2) is 30.3 Å². The second kappa shape index (κ2) is 7.46. The summed E-state index contributed by atoms with van der Waals surface area (Å²) in [4.78, 5) is 7.11. The maximum atomic E-state index is 14.4. The number of anilines is 1. The summed E-state index contributed by atoms with van der Waals surface area (Å²) in [5.74, 6) is -1.93. The minimum Gasteiger partial charge on any atom is -0.470 e. The maximum Gasteiger partial charge on any atom is 0.193 e. The van der Waals surface area contributed by atoms with Crippen molar-refractivity contribution >= 4 is 16.9 Å². The molecule has 2 fully saturated rings. The summed E-state index contributed by atoms with van der Waals surface area (Å²) in [7, 11) is 0. The van der Waals surface area contributed by atoms with E-state index < -0.39 is 35.8 Å². The summed E-state index contributed by atoms with van der Waals surface area (Å²) in [5, 5.41) is 12.4. The molecule has 3 aromatic rings. The van der Waals surface area contributed by atoms with Crippen molar-refractivity contribution in [3.8, 4) is 5.88 Å². The Bertz CT molecular complexity index is 1070. The van der Waals surface area contributed by atoms with Gasteiger partial charge in [0.1, 0.15) is 29.9 Å². The van der Waals surface area contributed by atoms with Crippen LogP contribution in [0.25, 0.3) is 11.0 Å². The van der Waals surface area contributed by atoms with Crippen molar-refractivity contribution in [3.63, 3.8) is 0 Å². The zero-order valence-corrected chi connectivity index (χ0v) is 15.6. The summed E-state index contributed by atoms with van der Waals surface area (Å²) in [6, 6.07) is 6.33. The first-order valence-electron chi connectivity index (χ1n) is 9.43. The zero-order valence-electron chi connectivity index (χ0n) is 15.6. The predicted octanol–water partition coefficient (Wildman–Crippen LogP) is 2.50. The molecular formula is C20H18F3N3O4. The smallest absolute Gasteiger partial charge is 0.193 e. The van der Waals surface area contributed by atoms with Crippen LogP contribution in [0.1, 0.15) is 5.56 Å². The van der Waals surface area contributed by atoms with Gasteiger partial charge >= 0.3 is 0 Å². The van der Waals surface area contributed by atoms with Gasteiger partial charge in [0, 0.05) is 24.2 Å². The predicted molar refractivity (Wildman–Crippen MR) is 99.6 cm³/mol. The van der Waals surface area contributed by atoms with E-state index in [2.05, 4.69) is 15.3 Å². The van der Waals surface area contributed by atoms with Crippen LogP contribution in [0.5, 0.6) is 5.88 Å². The molecule has 0 bridgehead atoms. The number of H-pyrrole nitrogens is 1. The number of benzene rings is 1. The molecule has 0 saturated carbocycles. The van der Waals surface area contributed by atoms with Gasteiger partial charge in [0.15, 0.2) is 23.6 Å². The van der Waals surface area contributed by atoms with Crippen molar-refractivity contribution in [1.82, 2.24) is 9.97 Å². The minimum atomic E-state index is -0.724. The number of aliphatic hydroxyl groups excluding tert-OH is 1. The quantitative estimate of drug-likeness (QED) is 0.587. The molecule has 0 spiro atoms. The van der Waals surface area contributed by atoms with E-state index in [-0.39, 0.29) is 37.2 Å². The lowest BCUT2D eigenvalue weighted by atomic mass is 10.1. The van der Waals surface area contributed by atoms with Gasteiger partial charge in [-0.2, -0.15) is 0 Å². The van der Waals surface area contributed by atoms with Crippen molar-refractivity contribution < 1.29 is 32.5 Å². The maximum absolute atomic E-state index is 14.4. The topological polar surface area (TPSA) is 88.6 Å². The van der Waals surface area contributed by atoms with E-state index in [4.69, 9.17) is 14.2 Å². The molecule has 5 rings (SSSR count). The Morgan fingerprint density at radius 1 is 1.10 bits per heavy atom. The normalized spacial score (nSPS) is 25.6. The fraction of sp³-hybridized carbons (Fsp3) is 0.350. The van der Waals surface area contributed by atoms with Gasteiger partial charge in [-0.15, -0.1) is 0 Å². The van der Waals surface area contributed by atoms with Crippen molar-refractivity contribution in [3.05, 3.63) is 53.3 Å². The SMILES string of the molecule is O[C@@H]1CO[C@H]2[C@@H]1OC[C@H]2Oc1cc2nc(NCc3c(F)cccc3F)c(F)cc2[nH]1. The first kappa shape index (κ1) is 19.2. The van der Waals surface area contributed by atoms with Gasteiger partial charge in [-0.3, -0.25) is 0 Å². The number of nitrogens with one attached hydrogen (secondary N) is 2. The number of aliphatic hydroxyl groups is 1. The van der Waals surface area contributed by atoms with Gasteiger partial charge in [0.25, 0.3) is 0 Å². The molecule has 2 aliphatic rings. The van der Waals surface area contributed by atoms with Crippen LogP contribution in [0.2, 0.25) is 0 Å². The average molecular weight is 421 g/mol. The van der Waals surface area contributed by atoms with E-state index in [0.29, 0.717) is 16.9 Å². The van der Waals surface area contributed by atoms with Crippen LogP contribution in [0.4, 0.5) is 19.0 Å². The average Bonchev–Trinajstić information content (AvgIpc) is 3.39. The largest absolute Gasteiger partial charge is 0.470 e. The van der Waals surface area contributed by atoms with E-state index in [9.17, 15) is 18.3 Å².